The number of benzene rings is 1. The number of hydrogen-bond donors (Lipinski definition) is 2. The second-order valence-electron chi connectivity index (χ2n) is 4.80. The second kappa shape index (κ2) is 5.74. The van der Waals surface area contributed by atoms with Crippen molar-refractivity contribution in [1.29, 1.82) is 0 Å². The molecule has 0 amide bonds. The summed E-state index contributed by atoms with van der Waals surface area (Å²) in [4.78, 5) is 2.27. The van der Waals surface area contributed by atoms with E-state index in [1.54, 1.807) is 0 Å². The van der Waals surface area contributed by atoms with Crippen LogP contribution in [0, 0.1) is 0 Å². The summed E-state index contributed by atoms with van der Waals surface area (Å²) in [6.07, 6.45) is 0. The van der Waals surface area contributed by atoms with Crippen LogP contribution in [-0.4, -0.2) is 53.3 Å². The largest absolute Gasteiger partial charge is 0.304 e. The van der Waals surface area contributed by atoms with Crippen LogP contribution in [0.1, 0.15) is 0 Å². The molecule has 2 aromatic rings. The Bertz CT molecular complexity index is 615. The van der Waals surface area contributed by atoms with Gasteiger partial charge in [0.2, 0.25) is 5.82 Å². The van der Waals surface area contributed by atoms with Crippen molar-refractivity contribution in [3.8, 4) is 0 Å². The Balaban J connectivity index is 1.69. The summed E-state index contributed by atoms with van der Waals surface area (Å²) in [5, 5.41) is 18.5. The first-order chi connectivity index (χ1) is 9.74. The third-order valence-corrected chi connectivity index (χ3v) is 3.67. The lowest BCUT2D eigenvalue weighted by Crippen LogP contribution is -2.48. The molecule has 2 heterocycles. The third kappa shape index (κ3) is 2.74. The van der Waals surface area contributed by atoms with Crippen LogP contribution in [0.25, 0.3) is 10.9 Å². The van der Waals surface area contributed by atoms with Crippen LogP contribution in [0.15, 0.2) is 28.5 Å². The van der Waals surface area contributed by atoms with Crippen molar-refractivity contribution in [2.24, 2.45) is 10.3 Å². The van der Waals surface area contributed by atoms with Crippen LogP contribution in [-0.2, 0) is 0 Å². The predicted octanol–water partition coefficient (Wildman–Crippen LogP) is 1.97. The van der Waals surface area contributed by atoms with E-state index >= 15 is 0 Å². The molecule has 3 rings (SSSR count). The van der Waals surface area contributed by atoms with E-state index in [0.29, 0.717) is 10.8 Å². The Labute approximate surface area is 121 Å². The first-order valence-corrected chi connectivity index (χ1v) is 6.84. The summed E-state index contributed by atoms with van der Waals surface area (Å²) in [5.41, 5.74) is 3.79. The van der Waals surface area contributed by atoms with Gasteiger partial charge < -0.3 is 4.90 Å². The summed E-state index contributed by atoms with van der Waals surface area (Å²) in [6, 6.07) is 5.58. The van der Waals surface area contributed by atoms with Crippen molar-refractivity contribution in [1.82, 2.24) is 25.6 Å². The number of aromatic nitrogens is 2. The van der Waals surface area contributed by atoms with Crippen molar-refractivity contribution in [3.05, 3.63) is 23.2 Å². The molecule has 1 aromatic heterocycles. The number of piperazine rings is 1. The molecule has 0 aliphatic carbocycles. The first kappa shape index (κ1) is 13.3. The summed E-state index contributed by atoms with van der Waals surface area (Å²) in [5.74, 6) is 0.493. The molecular weight excluding hydrogens is 278 g/mol. The zero-order valence-corrected chi connectivity index (χ0v) is 11.9. The number of fused-ring (bicyclic) bond motifs is 1. The van der Waals surface area contributed by atoms with Gasteiger partial charge in [-0.15, -0.1) is 5.11 Å². The number of nitrogens with zero attached hydrogens (tertiary/aromatic N) is 5. The number of likely N-dealkylation sites (N-methyl/N-ethyl adjacent to an activating group) is 1. The van der Waals surface area contributed by atoms with Gasteiger partial charge in [0.05, 0.1) is 15.9 Å². The normalized spacial score (nSPS) is 18.1. The minimum Gasteiger partial charge on any atom is -0.304 e. The van der Waals surface area contributed by atoms with Crippen LogP contribution >= 0.6 is 11.6 Å². The van der Waals surface area contributed by atoms with E-state index in [2.05, 4.69) is 38.0 Å². The first-order valence-electron chi connectivity index (χ1n) is 6.46. The van der Waals surface area contributed by atoms with Gasteiger partial charge in [-0.1, -0.05) is 22.9 Å². The molecule has 0 radical (unpaired) electrons. The Morgan fingerprint density at radius 3 is 2.90 bits per heavy atom. The Hall–Kier alpha value is -1.70. The molecule has 7 nitrogen and oxygen atoms in total. The van der Waals surface area contributed by atoms with Crippen LogP contribution in [0.5, 0.6) is 0 Å². The van der Waals surface area contributed by atoms with Crippen molar-refractivity contribution in [2.45, 2.75) is 0 Å². The summed E-state index contributed by atoms with van der Waals surface area (Å²) >= 11 is 6.15. The van der Waals surface area contributed by atoms with Gasteiger partial charge in [-0.25, -0.2) is 10.5 Å². The molecule has 1 aliphatic rings. The minimum atomic E-state index is 0.493. The summed E-state index contributed by atoms with van der Waals surface area (Å²) in [6.45, 7) is 3.86. The monoisotopic (exact) mass is 293 g/mol. The van der Waals surface area contributed by atoms with E-state index in [4.69, 9.17) is 11.6 Å². The topological polar surface area (TPSA) is 71.9 Å². The van der Waals surface area contributed by atoms with E-state index in [0.717, 1.165) is 37.1 Å². The zero-order valence-electron chi connectivity index (χ0n) is 11.2. The number of aromatic amines is 1. The molecule has 20 heavy (non-hydrogen) atoms. The second-order valence-corrected chi connectivity index (χ2v) is 5.21. The highest BCUT2D eigenvalue weighted by molar-refractivity contribution is 6.36. The summed E-state index contributed by atoms with van der Waals surface area (Å²) in [7, 11) is 2.11. The standard InChI is InChI=1S/C12H16ClN7/c1-19-5-7-20(8-6-19)18-17-16-12-11-9(13)3-2-4-10(11)14-15-12/h2-4H,5-8H2,1H3,(H2,14,15,16,18). The van der Waals surface area contributed by atoms with Crippen LogP contribution in [0.4, 0.5) is 5.82 Å². The van der Waals surface area contributed by atoms with Crippen molar-refractivity contribution < 1.29 is 0 Å². The summed E-state index contributed by atoms with van der Waals surface area (Å²) < 4.78 is 0. The Morgan fingerprint density at radius 1 is 1.30 bits per heavy atom. The van der Waals surface area contributed by atoms with Gasteiger partial charge in [-0.2, -0.15) is 5.10 Å². The highest BCUT2D eigenvalue weighted by atomic mass is 35.5. The molecule has 1 saturated heterocycles. The lowest BCUT2D eigenvalue weighted by molar-refractivity contribution is 0.103. The van der Waals surface area contributed by atoms with E-state index in [1.807, 2.05) is 23.2 Å². The SMILES string of the molecule is CN1CCN(NN=Nc2n[nH]c3cccc(Cl)c23)CC1. The van der Waals surface area contributed by atoms with Gasteiger partial charge in [0, 0.05) is 26.2 Å². The highest BCUT2D eigenvalue weighted by Crippen LogP contribution is 2.29. The number of hydrazine groups is 1. The fraction of sp³-hybridized carbons (Fsp3) is 0.417. The molecule has 8 heteroatoms. The van der Waals surface area contributed by atoms with Crippen molar-refractivity contribution >= 4 is 28.3 Å². The van der Waals surface area contributed by atoms with Crippen molar-refractivity contribution in [3.63, 3.8) is 0 Å². The average molecular weight is 294 g/mol. The highest BCUT2D eigenvalue weighted by Gasteiger charge is 2.13. The molecule has 1 fully saturated rings. The third-order valence-electron chi connectivity index (χ3n) is 3.35. The molecule has 1 aromatic carbocycles. The molecule has 2 N–H and O–H groups in total. The predicted molar refractivity (Wildman–Crippen MR) is 77.8 cm³/mol. The maximum atomic E-state index is 6.15. The van der Waals surface area contributed by atoms with E-state index in [-0.39, 0.29) is 0 Å². The van der Waals surface area contributed by atoms with Gasteiger partial charge in [-0.3, -0.25) is 5.10 Å². The molecule has 0 saturated carbocycles. The van der Waals surface area contributed by atoms with Gasteiger partial charge in [-0.05, 0) is 19.2 Å². The Kier molecular flexibility index (Phi) is 3.81. The van der Waals surface area contributed by atoms with Crippen molar-refractivity contribution in [2.75, 3.05) is 33.2 Å². The number of hydrogen-bond acceptors (Lipinski definition) is 5. The number of rotatable bonds is 3. The van der Waals surface area contributed by atoms with Gasteiger partial charge in [0.25, 0.3) is 0 Å². The van der Waals surface area contributed by atoms with Gasteiger partial charge in [0.15, 0.2) is 0 Å². The molecule has 0 unspecified atom stereocenters. The molecule has 1 aliphatic heterocycles. The average Bonchev–Trinajstić information content (AvgIpc) is 2.86. The van der Waals surface area contributed by atoms with Crippen LogP contribution < -0.4 is 5.53 Å². The Morgan fingerprint density at radius 2 is 2.10 bits per heavy atom. The zero-order chi connectivity index (χ0) is 13.9. The smallest absolute Gasteiger partial charge is 0.206 e. The van der Waals surface area contributed by atoms with Gasteiger partial charge >= 0.3 is 0 Å². The fourth-order valence-corrected chi connectivity index (χ4v) is 2.38. The maximum absolute atomic E-state index is 6.15. The van der Waals surface area contributed by atoms with Crippen LogP contribution in [0.2, 0.25) is 5.02 Å². The number of halogens is 1. The fourth-order valence-electron chi connectivity index (χ4n) is 2.13. The molecule has 0 atom stereocenters. The van der Waals surface area contributed by atoms with E-state index in [1.165, 1.54) is 0 Å². The van der Waals surface area contributed by atoms with E-state index in [9.17, 15) is 0 Å². The van der Waals surface area contributed by atoms with Crippen LogP contribution in [0.3, 0.4) is 0 Å². The number of H-pyrrole nitrogens is 1. The lowest BCUT2D eigenvalue weighted by atomic mass is 10.2. The number of nitrogens with one attached hydrogen (secondary N) is 2. The maximum Gasteiger partial charge on any atom is 0.206 e. The van der Waals surface area contributed by atoms with E-state index < -0.39 is 0 Å². The molecule has 106 valence electrons. The molecular formula is C12H16ClN7. The molecule has 0 bridgehead atoms. The van der Waals surface area contributed by atoms with Gasteiger partial charge in [0.1, 0.15) is 0 Å². The quantitative estimate of drug-likeness (QED) is 0.670. The molecule has 0 spiro atoms. The lowest BCUT2D eigenvalue weighted by Gasteiger charge is -2.30. The minimum absolute atomic E-state index is 0.493.